The van der Waals surface area contributed by atoms with Crippen molar-refractivity contribution in [3.8, 4) is 5.75 Å². The molecule has 7 nitrogen and oxygen atoms in total. The Hall–Kier alpha value is -2.87. The van der Waals surface area contributed by atoms with Crippen LogP contribution >= 0.6 is 0 Å². The highest BCUT2D eigenvalue weighted by Crippen LogP contribution is 2.15. The Bertz CT molecular complexity index is 878. The molecule has 0 bridgehead atoms. The first-order chi connectivity index (χ1) is 12.7. The van der Waals surface area contributed by atoms with Crippen LogP contribution in [0.3, 0.4) is 0 Å². The minimum absolute atomic E-state index is 0.108. The van der Waals surface area contributed by atoms with Crippen molar-refractivity contribution in [3.05, 3.63) is 65.7 Å². The maximum absolute atomic E-state index is 12.4. The number of amides is 1. The average molecular weight is 391 g/mol. The number of carbonyl (C=O) groups excluding carboxylic acids is 2. The molecule has 0 aliphatic carbocycles. The van der Waals surface area contributed by atoms with Gasteiger partial charge in [0, 0.05) is 13.3 Å². The summed E-state index contributed by atoms with van der Waals surface area (Å²) in [7, 11) is -3.61. The van der Waals surface area contributed by atoms with Gasteiger partial charge in [0.15, 0.2) is 0 Å². The lowest BCUT2D eigenvalue weighted by molar-refractivity contribution is -0.149. The molecule has 2 aromatic rings. The van der Waals surface area contributed by atoms with Gasteiger partial charge in [-0.2, -0.15) is 8.42 Å². The Morgan fingerprint density at radius 2 is 1.63 bits per heavy atom. The topological polar surface area (TPSA) is 98.8 Å². The van der Waals surface area contributed by atoms with Crippen LogP contribution in [-0.2, 0) is 37.5 Å². The Labute approximate surface area is 158 Å². The average Bonchev–Trinajstić information content (AvgIpc) is 2.60. The van der Waals surface area contributed by atoms with E-state index in [2.05, 4.69) is 5.32 Å². The fourth-order valence-corrected chi connectivity index (χ4v) is 2.82. The van der Waals surface area contributed by atoms with Crippen molar-refractivity contribution < 1.29 is 26.9 Å². The van der Waals surface area contributed by atoms with E-state index >= 15 is 0 Å². The number of hydrogen-bond acceptors (Lipinski definition) is 6. The van der Waals surface area contributed by atoms with Crippen molar-refractivity contribution in [3.63, 3.8) is 0 Å². The van der Waals surface area contributed by atoms with Crippen molar-refractivity contribution in [1.29, 1.82) is 0 Å². The third-order valence-corrected chi connectivity index (χ3v) is 3.99. The Kier molecular flexibility index (Phi) is 6.95. The molecule has 0 aliphatic heterocycles. The number of esters is 1. The van der Waals surface area contributed by atoms with Gasteiger partial charge in [-0.3, -0.25) is 4.79 Å². The zero-order valence-corrected chi connectivity index (χ0v) is 15.9. The predicted molar refractivity (Wildman–Crippen MR) is 99.5 cm³/mol. The Balaban J connectivity index is 2.02. The summed E-state index contributed by atoms with van der Waals surface area (Å²) < 4.78 is 32.3. The zero-order valence-electron chi connectivity index (χ0n) is 15.0. The maximum Gasteiger partial charge on any atom is 0.329 e. The molecule has 1 amide bonds. The molecular weight excluding hydrogens is 370 g/mol. The molecule has 144 valence electrons. The molecule has 0 aliphatic rings. The molecule has 0 saturated carbocycles. The molecule has 0 fully saturated rings. The smallest absolute Gasteiger partial charge is 0.329 e. The fourth-order valence-electron chi connectivity index (χ4n) is 2.36. The molecule has 2 rings (SSSR count). The molecule has 8 heteroatoms. The summed E-state index contributed by atoms with van der Waals surface area (Å²) in [6.45, 7) is 1.43. The first-order valence-corrected chi connectivity index (χ1v) is 10.0. The quantitative estimate of drug-likeness (QED) is 0.544. The molecule has 0 heterocycles. The van der Waals surface area contributed by atoms with E-state index in [0.29, 0.717) is 5.56 Å². The van der Waals surface area contributed by atoms with E-state index in [1.54, 1.807) is 12.1 Å². The van der Waals surface area contributed by atoms with E-state index in [1.165, 1.54) is 19.1 Å². The SMILES string of the molecule is CC(=O)N[C@@H](Cc1ccc(OS(C)(=O)=O)cc1)C(=O)OCc1ccccc1. The lowest BCUT2D eigenvalue weighted by atomic mass is 10.1. The van der Waals surface area contributed by atoms with E-state index in [9.17, 15) is 18.0 Å². The first-order valence-electron chi connectivity index (χ1n) is 8.19. The summed E-state index contributed by atoms with van der Waals surface area (Å²) in [4.78, 5) is 23.8. The molecule has 0 aromatic heterocycles. The van der Waals surface area contributed by atoms with Gasteiger partial charge in [-0.25, -0.2) is 4.79 Å². The molecule has 1 atom stereocenters. The number of benzene rings is 2. The van der Waals surface area contributed by atoms with E-state index in [-0.39, 0.29) is 24.7 Å². The molecule has 27 heavy (non-hydrogen) atoms. The van der Waals surface area contributed by atoms with E-state index in [0.717, 1.165) is 11.8 Å². The van der Waals surface area contributed by atoms with Gasteiger partial charge in [-0.05, 0) is 23.3 Å². The van der Waals surface area contributed by atoms with Gasteiger partial charge in [0.1, 0.15) is 18.4 Å². The molecule has 0 radical (unpaired) electrons. The molecule has 0 saturated heterocycles. The number of hydrogen-bond donors (Lipinski definition) is 1. The highest BCUT2D eigenvalue weighted by Gasteiger charge is 2.21. The lowest BCUT2D eigenvalue weighted by Crippen LogP contribution is -2.42. The maximum atomic E-state index is 12.4. The minimum Gasteiger partial charge on any atom is -0.459 e. The second-order valence-electron chi connectivity index (χ2n) is 5.98. The van der Waals surface area contributed by atoms with Crippen molar-refractivity contribution in [2.24, 2.45) is 0 Å². The fraction of sp³-hybridized carbons (Fsp3) is 0.263. The summed E-state index contributed by atoms with van der Waals surface area (Å²) in [6, 6.07) is 14.6. The van der Waals surface area contributed by atoms with Crippen LogP contribution in [0.15, 0.2) is 54.6 Å². The van der Waals surface area contributed by atoms with Crippen LogP contribution in [0.25, 0.3) is 0 Å². The Morgan fingerprint density at radius 3 is 2.19 bits per heavy atom. The van der Waals surface area contributed by atoms with Gasteiger partial charge in [0.25, 0.3) is 0 Å². The van der Waals surface area contributed by atoms with Gasteiger partial charge in [-0.15, -0.1) is 0 Å². The van der Waals surface area contributed by atoms with E-state index in [4.69, 9.17) is 8.92 Å². The third-order valence-electron chi connectivity index (χ3n) is 3.50. The summed E-state index contributed by atoms with van der Waals surface area (Å²) in [6.07, 6.45) is 1.16. The van der Waals surface area contributed by atoms with Gasteiger partial charge < -0.3 is 14.2 Å². The van der Waals surface area contributed by atoms with Crippen LogP contribution in [-0.4, -0.2) is 32.6 Å². The summed E-state index contributed by atoms with van der Waals surface area (Å²) in [5, 5.41) is 2.58. The molecule has 0 spiro atoms. The summed E-state index contributed by atoms with van der Waals surface area (Å²) >= 11 is 0. The van der Waals surface area contributed by atoms with Crippen LogP contribution in [0.1, 0.15) is 18.1 Å². The van der Waals surface area contributed by atoms with Gasteiger partial charge >= 0.3 is 16.1 Å². The standard InChI is InChI=1S/C19H21NO6S/c1-14(21)20-18(19(22)25-13-16-6-4-3-5-7-16)12-15-8-10-17(11-9-15)26-27(2,23)24/h3-11,18H,12-13H2,1-2H3,(H,20,21)/t18-/m0/s1. The normalized spacial score (nSPS) is 12.1. The van der Waals surface area contributed by atoms with Crippen molar-refractivity contribution in [2.45, 2.75) is 26.0 Å². The highest BCUT2D eigenvalue weighted by atomic mass is 32.2. The minimum atomic E-state index is -3.61. The van der Waals surface area contributed by atoms with Gasteiger partial charge in [0.2, 0.25) is 5.91 Å². The molecular formula is C19H21NO6S. The van der Waals surface area contributed by atoms with Crippen LogP contribution in [0, 0.1) is 0 Å². The molecule has 2 aromatic carbocycles. The second kappa shape index (κ2) is 9.18. The second-order valence-corrected chi connectivity index (χ2v) is 7.56. The third kappa shape index (κ3) is 7.49. The van der Waals surface area contributed by atoms with E-state index < -0.39 is 22.1 Å². The number of rotatable bonds is 8. The van der Waals surface area contributed by atoms with Gasteiger partial charge in [-0.1, -0.05) is 42.5 Å². The van der Waals surface area contributed by atoms with Crippen LogP contribution in [0.4, 0.5) is 0 Å². The van der Waals surface area contributed by atoms with Crippen molar-refractivity contribution in [1.82, 2.24) is 5.32 Å². The summed E-state index contributed by atoms with van der Waals surface area (Å²) in [5.74, 6) is -0.733. The molecule has 0 unspecified atom stereocenters. The van der Waals surface area contributed by atoms with Crippen LogP contribution in [0.5, 0.6) is 5.75 Å². The van der Waals surface area contributed by atoms with Crippen molar-refractivity contribution in [2.75, 3.05) is 6.26 Å². The predicted octanol–water partition coefficient (Wildman–Crippen LogP) is 1.82. The Morgan fingerprint density at radius 1 is 1.00 bits per heavy atom. The number of carbonyl (C=O) groups is 2. The number of nitrogens with one attached hydrogen (secondary N) is 1. The highest BCUT2D eigenvalue weighted by molar-refractivity contribution is 7.86. The zero-order chi connectivity index (χ0) is 19.9. The van der Waals surface area contributed by atoms with Crippen LogP contribution < -0.4 is 9.50 Å². The van der Waals surface area contributed by atoms with Crippen LogP contribution in [0.2, 0.25) is 0 Å². The van der Waals surface area contributed by atoms with Crippen molar-refractivity contribution >= 4 is 22.0 Å². The number of ether oxygens (including phenoxy) is 1. The lowest BCUT2D eigenvalue weighted by Gasteiger charge is -2.17. The molecule has 1 N–H and O–H groups in total. The largest absolute Gasteiger partial charge is 0.459 e. The monoisotopic (exact) mass is 391 g/mol. The summed E-state index contributed by atoms with van der Waals surface area (Å²) in [5.41, 5.74) is 1.56. The first kappa shape index (κ1) is 20.4. The van der Waals surface area contributed by atoms with E-state index in [1.807, 2.05) is 30.3 Å². The van der Waals surface area contributed by atoms with Gasteiger partial charge in [0.05, 0.1) is 6.26 Å².